The van der Waals surface area contributed by atoms with Gasteiger partial charge in [-0.2, -0.15) is 0 Å². The van der Waals surface area contributed by atoms with Gasteiger partial charge in [-0.3, -0.25) is 14.7 Å². The van der Waals surface area contributed by atoms with E-state index < -0.39 is 0 Å². The van der Waals surface area contributed by atoms with E-state index in [0.29, 0.717) is 6.42 Å². The van der Waals surface area contributed by atoms with E-state index in [4.69, 9.17) is 4.74 Å². The number of ether oxygens (including phenoxy) is 1. The summed E-state index contributed by atoms with van der Waals surface area (Å²) >= 11 is 1.61. The average Bonchev–Trinajstić information content (AvgIpc) is 3.03. The number of rotatable bonds is 4. The normalized spacial score (nSPS) is 14.4. The maximum Gasteiger partial charge on any atom is 0.311 e. The van der Waals surface area contributed by atoms with Gasteiger partial charge in [0.1, 0.15) is 0 Å². The highest BCUT2D eigenvalue weighted by Gasteiger charge is 2.20. The number of pyridine rings is 1. The Labute approximate surface area is 151 Å². The quantitative estimate of drug-likeness (QED) is 0.661. The lowest BCUT2D eigenvalue weighted by molar-refractivity contribution is -0.133. The first-order valence-electron chi connectivity index (χ1n) is 8.59. The molecule has 0 radical (unpaired) electrons. The lowest BCUT2D eigenvalue weighted by Gasteiger charge is -2.26. The molecular weight excluding hydrogens is 332 g/mol. The van der Waals surface area contributed by atoms with Crippen LogP contribution in [0.2, 0.25) is 0 Å². The van der Waals surface area contributed by atoms with Gasteiger partial charge in [-0.25, -0.2) is 0 Å². The smallest absolute Gasteiger partial charge is 0.311 e. The van der Waals surface area contributed by atoms with Crippen LogP contribution in [0.3, 0.4) is 0 Å². The third kappa shape index (κ3) is 3.57. The number of nitrogens with zero attached hydrogens (tertiary/aromatic N) is 2. The van der Waals surface area contributed by atoms with Crippen LogP contribution in [-0.4, -0.2) is 22.4 Å². The number of carbonyl (C=O) groups is 1. The predicted molar refractivity (Wildman–Crippen MR) is 99.8 cm³/mol. The standard InChI is InChI=1S/C20H20N2O2S/c1-2-19(23)24-20-10-16-13-22(8-7-18(16)25-20)12-14-9-15-5-3-4-6-17(15)21-11-14/h3-6,9-11H,2,7-8,12-13H2,1H3. The van der Waals surface area contributed by atoms with Crippen molar-refractivity contribution in [3.63, 3.8) is 0 Å². The minimum absolute atomic E-state index is 0.169. The van der Waals surface area contributed by atoms with Crippen molar-refractivity contribution in [2.75, 3.05) is 6.54 Å². The first-order chi connectivity index (χ1) is 12.2. The summed E-state index contributed by atoms with van der Waals surface area (Å²) in [6, 6.07) is 12.5. The molecule has 128 valence electrons. The molecule has 3 heterocycles. The molecule has 4 rings (SSSR count). The van der Waals surface area contributed by atoms with Gasteiger partial charge in [0.15, 0.2) is 5.06 Å². The highest BCUT2D eigenvalue weighted by molar-refractivity contribution is 7.14. The van der Waals surface area contributed by atoms with E-state index in [-0.39, 0.29) is 5.97 Å². The van der Waals surface area contributed by atoms with Crippen molar-refractivity contribution in [1.29, 1.82) is 0 Å². The molecule has 2 aromatic heterocycles. The van der Waals surface area contributed by atoms with Crippen molar-refractivity contribution in [2.24, 2.45) is 0 Å². The number of hydrogen-bond donors (Lipinski definition) is 0. The van der Waals surface area contributed by atoms with Crippen LogP contribution in [0.5, 0.6) is 5.06 Å². The van der Waals surface area contributed by atoms with Gasteiger partial charge in [0.2, 0.25) is 0 Å². The number of benzene rings is 1. The van der Waals surface area contributed by atoms with Gasteiger partial charge in [-0.05, 0) is 35.7 Å². The summed E-state index contributed by atoms with van der Waals surface area (Å²) in [7, 11) is 0. The van der Waals surface area contributed by atoms with Gasteiger partial charge in [0.25, 0.3) is 0 Å². The van der Waals surface area contributed by atoms with E-state index in [2.05, 4.69) is 22.0 Å². The van der Waals surface area contributed by atoms with Crippen molar-refractivity contribution in [1.82, 2.24) is 9.88 Å². The maximum atomic E-state index is 11.5. The molecule has 4 nitrogen and oxygen atoms in total. The van der Waals surface area contributed by atoms with Crippen LogP contribution in [-0.2, 0) is 24.3 Å². The number of carbonyl (C=O) groups excluding carboxylic acids is 1. The second-order valence-electron chi connectivity index (χ2n) is 6.34. The van der Waals surface area contributed by atoms with Gasteiger partial charge in [-0.15, -0.1) is 11.3 Å². The van der Waals surface area contributed by atoms with Gasteiger partial charge >= 0.3 is 5.97 Å². The van der Waals surface area contributed by atoms with E-state index in [1.807, 2.05) is 37.4 Å². The highest BCUT2D eigenvalue weighted by atomic mass is 32.1. The molecule has 25 heavy (non-hydrogen) atoms. The lowest BCUT2D eigenvalue weighted by atomic mass is 10.1. The molecule has 1 aromatic carbocycles. The van der Waals surface area contributed by atoms with Crippen LogP contribution in [0.25, 0.3) is 10.9 Å². The summed E-state index contributed by atoms with van der Waals surface area (Å²) in [5.41, 5.74) is 3.55. The van der Waals surface area contributed by atoms with Crippen LogP contribution in [0, 0.1) is 0 Å². The molecular formula is C20H20N2O2S. The van der Waals surface area contributed by atoms with Gasteiger partial charge in [0.05, 0.1) is 5.52 Å². The summed E-state index contributed by atoms with van der Waals surface area (Å²) < 4.78 is 5.37. The number of fused-ring (bicyclic) bond motifs is 2. The van der Waals surface area contributed by atoms with E-state index in [0.717, 1.165) is 36.6 Å². The molecule has 0 fully saturated rings. The van der Waals surface area contributed by atoms with Crippen molar-refractivity contribution in [3.05, 3.63) is 58.6 Å². The monoisotopic (exact) mass is 352 g/mol. The van der Waals surface area contributed by atoms with Crippen molar-refractivity contribution in [2.45, 2.75) is 32.9 Å². The molecule has 0 bridgehead atoms. The van der Waals surface area contributed by atoms with Crippen LogP contribution in [0.4, 0.5) is 0 Å². The fourth-order valence-corrected chi connectivity index (χ4v) is 4.22. The van der Waals surface area contributed by atoms with Gasteiger partial charge < -0.3 is 4.74 Å². The minimum atomic E-state index is -0.169. The molecule has 0 unspecified atom stereocenters. The van der Waals surface area contributed by atoms with E-state index >= 15 is 0 Å². The fourth-order valence-electron chi connectivity index (χ4n) is 3.20. The number of para-hydroxylation sites is 1. The van der Waals surface area contributed by atoms with Crippen LogP contribution in [0.15, 0.2) is 42.6 Å². The molecule has 0 aliphatic carbocycles. The Morgan fingerprint density at radius 2 is 2.20 bits per heavy atom. The molecule has 0 saturated heterocycles. The lowest BCUT2D eigenvalue weighted by Crippen LogP contribution is -2.29. The Balaban J connectivity index is 1.47. The van der Waals surface area contributed by atoms with Crippen molar-refractivity contribution in [3.8, 4) is 5.06 Å². The summed E-state index contributed by atoms with van der Waals surface area (Å²) in [5, 5.41) is 1.91. The Morgan fingerprint density at radius 1 is 1.32 bits per heavy atom. The molecule has 5 heteroatoms. The van der Waals surface area contributed by atoms with Crippen LogP contribution >= 0.6 is 11.3 Å². The molecule has 1 aliphatic rings. The molecule has 0 amide bonds. The zero-order valence-electron chi connectivity index (χ0n) is 14.2. The summed E-state index contributed by atoms with van der Waals surface area (Å²) in [6.45, 7) is 4.61. The van der Waals surface area contributed by atoms with Gasteiger partial charge in [0, 0.05) is 42.5 Å². The maximum absolute atomic E-state index is 11.5. The third-order valence-electron chi connectivity index (χ3n) is 4.48. The Bertz CT molecular complexity index is 919. The average molecular weight is 352 g/mol. The molecule has 1 aliphatic heterocycles. The molecule has 3 aromatic rings. The Kier molecular flexibility index (Phi) is 4.51. The predicted octanol–water partition coefficient (Wildman–Crippen LogP) is 4.17. The van der Waals surface area contributed by atoms with Crippen molar-refractivity contribution >= 4 is 28.2 Å². The minimum Gasteiger partial charge on any atom is -0.415 e. The van der Waals surface area contributed by atoms with E-state index in [1.54, 1.807) is 11.3 Å². The second kappa shape index (κ2) is 6.94. The largest absolute Gasteiger partial charge is 0.415 e. The molecule has 0 spiro atoms. The summed E-state index contributed by atoms with van der Waals surface area (Å²) in [5.74, 6) is -0.169. The summed E-state index contributed by atoms with van der Waals surface area (Å²) in [6.07, 6.45) is 3.38. The zero-order chi connectivity index (χ0) is 17.2. The first-order valence-corrected chi connectivity index (χ1v) is 9.41. The number of esters is 1. The summed E-state index contributed by atoms with van der Waals surface area (Å²) in [4.78, 5) is 19.8. The fraction of sp³-hybridized carbons (Fsp3) is 0.300. The number of thiophene rings is 1. The Hall–Kier alpha value is -2.24. The van der Waals surface area contributed by atoms with Gasteiger partial charge in [-0.1, -0.05) is 25.1 Å². The van der Waals surface area contributed by atoms with E-state index in [9.17, 15) is 4.79 Å². The topological polar surface area (TPSA) is 42.4 Å². The Morgan fingerprint density at radius 3 is 3.08 bits per heavy atom. The third-order valence-corrected chi connectivity index (χ3v) is 5.59. The molecule has 0 atom stereocenters. The zero-order valence-corrected chi connectivity index (χ0v) is 15.0. The number of aromatic nitrogens is 1. The highest BCUT2D eigenvalue weighted by Crippen LogP contribution is 2.34. The van der Waals surface area contributed by atoms with E-state index in [1.165, 1.54) is 21.4 Å². The second-order valence-corrected chi connectivity index (χ2v) is 7.44. The molecule has 0 N–H and O–H groups in total. The van der Waals surface area contributed by atoms with Crippen molar-refractivity contribution < 1.29 is 9.53 Å². The number of hydrogen-bond acceptors (Lipinski definition) is 5. The SMILES string of the molecule is CCC(=O)Oc1cc2c(s1)CCN(Cc1cnc3ccccc3c1)C2. The van der Waals surface area contributed by atoms with Crippen LogP contribution in [0.1, 0.15) is 29.3 Å². The molecule has 0 saturated carbocycles. The van der Waals surface area contributed by atoms with Crippen LogP contribution < -0.4 is 4.74 Å². The first kappa shape index (κ1) is 16.2.